The van der Waals surface area contributed by atoms with Crippen LogP contribution in [0.5, 0.6) is 0 Å². The van der Waals surface area contributed by atoms with Crippen molar-refractivity contribution in [2.45, 2.75) is 51.5 Å². The number of nitrogens with one attached hydrogen (secondary N) is 2. The second kappa shape index (κ2) is 10.0. The van der Waals surface area contributed by atoms with Gasteiger partial charge in [-0.15, -0.1) is 0 Å². The van der Waals surface area contributed by atoms with Crippen LogP contribution >= 0.6 is 0 Å². The van der Waals surface area contributed by atoms with Crippen molar-refractivity contribution < 1.29 is 9.59 Å². The van der Waals surface area contributed by atoms with Crippen LogP contribution in [-0.2, 0) is 18.9 Å². The fourth-order valence-corrected chi connectivity index (χ4v) is 4.74. The first-order valence-corrected chi connectivity index (χ1v) is 11.6. The van der Waals surface area contributed by atoms with Crippen LogP contribution in [0, 0.1) is 12.8 Å². The molecule has 1 aromatic carbocycles. The van der Waals surface area contributed by atoms with Crippen molar-refractivity contribution >= 4 is 17.5 Å². The van der Waals surface area contributed by atoms with Crippen molar-refractivity contribution in [1.29, 1.82) is 0 Å². The molecular formula is C25H32N6O2. The Balaban J connectivity index is 1.52. The molecule has 0 radical (unpaired) electrons. The highest BCUT2D eigenvalue weighted by Crippen LogP contribution is 2.27. The van der Waals surface area contributed by atoms with Gasteiger partial charge in [0.25, 0.3) is 5.91 Å². The molecule has 2 N–H and O–H groups in total. The molecule has 1 unspecified atom stereocenters. The van der Waals surface area contributed by atoms with Gasteiger partial charge >= 0.3 is 0 Å². The number of rotatable bonds is 6. The molecule has 174 valence electrons. The summed E-state index contributed by atoms with van der Waals surface area (Å²) in [5, 5.41) is 10.1. The summed E-state index contributed by atoms with van der Waals surface area (Å²) >= 11 is 0. The Morgan fingerprint density at radius 1 is 1.03 bits per heavy atom. The first-order chi connectivity index (χ1) is 15.9. The Labute approximate surface area is 194 Å². The maximum Gasteiger partial charge on any atom is 0.270 e. The van der Waals surface area contributed by atoms with E-state index >= 15 is 0 Å². The summed E-state index contributed by atoms with van der Waals surface area (Å²) in [4.78, 5) is 30.6. The van der Waals surface area contributed by atoms with Gasteiger partial charge in [0.15, 0.2) is 0 Å². The summed E-state index contributed by atoms with van der Waals surface area (Å²) in [5.41, 5.74) is 4.19. The largest absolute Gasteiger partial charge is 0.339 e. The minimum atomic E-state index is -0.593. The summed E-state index contributed by atoms with van der Waals surface area (Å²) in [5.74, 6) is -0.343. The van der Waals surface area contributed by atoms with Gasteiger partial charge in [0.05, 0.1) is 17.7 Å². The van der Waals surface area contributed by atoms with Crippen molar-refractivity contribution in [2.24, 2.45) is 20.0 Å². The third-order valence-electron chi connectivity index (χ3n) is 6.54. The molecule has 0 saturated heterocycles. The summed E-state index contributed by atoms with van der Waals surface area (Å²) in [6, 6.07) is 8.82. The average molecular weight is 449 g/mol. The van der Waals surface area contributed by atoms with E-state index in [4.69, 9.17) is 0 Å². The molecule has 8 nitrogen and oxygen atoms in total. The maximum absolute atomic E-state index is 13.4. The van der Waals surface area contributed by atoms with E-state index in [1.165, 1.54) is 17.5 Å². The zero-order valence-corrected chi connectivity index (χ0v) is 19.5. The number of hydrogen-bond acceptors (Lipinski definition) is 4. The van der Waals surface area contributed by atoms with Crippen LogP contribution in [0.15, 0.2) is 42.9 Å². The molecule has 1 saturated carbocycles. The number of carbonyl (C=O) groups excluding carboxylic acids is 2. The highest BCUT2D eigenvalue weighted by atomic mass is 16.2. The number of hydrogen-bond donors (Lipinski definition) is 2. The van der Waals surface area contributed by atoms with Gasteiger partial charge in [-0.2, -0.15) is 5.10 Å². The lowest BCUT2D eigenvalue weighted by Crippen LogP contribution is -2.48. The number of imidazole rings is 1. The van der Waals surface area contributed by atoms with Gasteiger partial charge < -0.3 is 15.2 Å². The topological polar surface area (TPSA) is 93.8 Å². The standard InChI is InChI=1S/C25H32N6O2/c1-17-23(30(2)16-26-17)19-10-12-20(13-11-19)28-25(33)22(18-8-6-4-5-7-9-18)29-24(32)21-14-15-27-31(21)3/h10-16,18,22H,4-9H2,1-3H3,(H,28,33)(H,29,32). The molecule has 1 aliphatic carbocycles. The quantitative estimate of drug-likeness (QED) is 0.560. The predicted octanol–water partition coefficient (Wildman–Crippen LogP) is 3.84. The van der Waals surface area contributed by atoms with E-state index in [0.717, 1.165) is 42.6 Å². The monoisotopic (exact) mass is 448 g/mol. The van der Waals surface area contributed by atoms with E-state index in [9.17, 15) is 9.59 Å². The molecule has 33 heavy (non-hydrogen) atoms. The zero-order valence-electron chi connectivity index (χ0n) is 19.5. The van der Waals surface area contributed by atoms with Crippen LogP contribution in [-0.4, -0.2) is 37.2 Å². The molecule has 2 aromatic heterocycles. The molecule has 0 spiro atoms. The zero-order chi connectivity index (χ0) is 23.4. The third-order valence-corrected chi connectivity index (χ3v) is 6.54. The molecule has 1 aliphatic rings. The molecule has 3 aromatic rings. The molecule has 1 atom stereocenters. The van der Waals surface area contributed by atoms with Crippen LogP contribution in [0.3, 0.4) is 0 Å². The normalized spacial score (nSPS) is 15.6. The van der Waals surface area contributed by atoms with Crippen molar-refractivity contribution in [3.05, 3.63) is 54.2 Å². The lowest BCUT2D eigenvalue weighted by molar-refractivity contribution is -0.119. The van der Waals surface area contributed by atoms with Crippen LogP contribution in [0.1, 0.15) is 54.7 Å². The Morgan fingerprint density at radius 3 is 2.30 bits per heavy atom. The smallest absolute Gasteiger partial charge is 0.270 e. The predicted molar refractivity (Wildman–Crippen MR) is 128 cm³/mol. The molecule has 0 aliphatic heterocycles. The van der Waals surface area contributed by atoms with Crippen molar-refractivity contribution in [3.63, 3.8) is 0 Å². The van der Waals surface area contributed by atoms with Crippen molar-refractivity contribution in [3.8, 4) is 11.3 Å². The van der Waals surface area contributed by atoms with Crippen molar-refractivity contribution in [2.75, 3.05) is 5.32 Å². The Hall–Kier alpha value is -3.42. The van der Waals surface area contributed by atoms with E-state index in [1.54, 1.807) is 25.6 Å². The molecule has 2 heterocycles. The highest BCUT2D eigenvalue weighted by molar-refractivity contribution is 6.00. The van der Waals surface area contributed by atoms with Gasteiger partial charge in [0.1, 0.15) is 11.7 Å². The van der Waals surface area contributed by atoms with Gasteiger partial charge in [-0.25, -0.2) is 4.98 Å². The Morgan fingerprint density at radius 2 is 1.73 bits per heavy atom. The molecule has 1 fully saturated rings. The fourth-order valence-electron chi connectivity index (χ4n) is 4.74. The number of anilines is 1. The van der Waals surface area contributed by atoms with Gasteiger partial charge in [-0.1, -0.05) is 37.8 Å². The highest BCUT2D eigenvalue weighted by Gasteiger charge is 2.31. The molecule has 4 rings (SSSR count). The molecule has 0 bridgehead atoms. The number of aromatic nitrogens is 4. The van der Waals surface area contributed by atoms with Crippen molar-refractivity contribution in [1.82, 2.24) is 24.6 Å². The van der Waals surface area contributed by atoms with E-state index in [0.29, 0.717) is 11.4 Å². The minimum absolute atomic E-state index is 0.112. The van der Waals surface area contributed by atoms with Crippen LogP contribution in [0.25, 0.3) is 11.3 Å². The number of amides is 2. The van der Waals surface area contributed by atoms with Gasteiger partial charge in [0, 0.05) is 31.5 Å². The summed E-state index contributed by atoms with van der Waals surface area (Å²) in [7, 11) is 3.69. The number of benzene rings is 1. The molecule has 8 heteroatoms. The number of carbonyl (C=O) groups is 2. The summed E-state index contributed by atoms with van der Waals surface area (Å²) < 4.78 is 3.51. The van der Waals surface area contributed by atoms with E-state index in [2.05, 4.69) is 20.7 Å². The maximum atomic E-state index is 13.4. The number of nitrogens with zero attached hydrogens (tertiary/aromatic N) is 4. The third kappa shape index (κ3) is 5.16. The fraction of sp³-hybridized carbons (Fsp3) is 0.440. The lowest BCUT2D eigenvalue weighted by Gasteiger charge is -2.26. The Kier molecular flexibility index (Phi) is 6.91. The first-order valence-electron chi connectivity index (χ1n) is 11.6. The second-order valence-corrected chi connectivity index (χ2v) is 8.90. The minimum Gasteiger partial charge on any atom is -0.339 e. The second-order valence-electron chi connectivity index (χ2n) is 8.90. The lowest BCUT2D eigenvalue weighted by atomic mass is 9.91. The van der Waals surface area contributed by atoms with E-state index < -0.39 is 6.04 Å². The molecule has 2 amide bonds. The summed E-state index contributed by atoms with van der Waals surface area (Å²) in [6.07, 6.45) is 9.75. The van der Waals surface area contributed by atoms with Gasteiger partial charge in [-0.3, -0.25) is 14.3 Å². The summed E-state index contributed by atoms with van der Waals surface area (Å²) in [6.45, 7) is 1.98. The van der Waals surface area contributed by atoms with Gasteiger partial charge in [0.2, 0.25) is 5.91 Å². The molecular weight excluding hydrogens is 416 g/mol. The number of aryl methyl sites for hydroxylation is 3. The van der Waals surface area contributed by atoms with E-state index in [1.807, 2.05) is 42.8 Å². The average Bonchev–Trinajstić information content (AvgIpc) is 3.26. The van der Waals surface area contributed by atoms with Crippen LogP contribution in [0.4, 0.5) is 5.69 Å². The Bertz CT molecular complexity index is 1090. The van der Waals surface area contributed by atoms with Crippen LogP contribution < -0.4 is 10.6 Å². The van der Waals surface area contributed by atoms with Crippen LogP contribution in [0.2, 0.25) is 0 Å². The van der Waals surface area contributed by atoms with E-state index in [-0.39, 0.29) is 17.7 Å². The first kappa shape index (κ1) is 22.8. The van der Waals surface area contributed by atoms with Gasteiger partial charge in [-0.05, 0) is 43.9 Å². The SMILES string of the molecule is Cc1ncn(C)c1-c1ccc(NC(=O)C(NC(=O)c2ccnn2C)C2CCCCCC2)cc1.